The third kappa shape index (κ3) is 3.22. The molecule has 2 atom stereocenters. The van der Waals surface area contributed by atoms with Gasteiger partial charge in [0.1, 0.15) is 5.69 Å². The fourth-order valence-corrected chi connectivity index (χ4v) is 4.76. The Morgan fingerprint density at radius 1 is 1.30 bits per heavy atom. The van der Waals surface area contributed by atoms with Crippen LogP contribution in [0.2, 0.25) is 0 Å². The molecule has 2 aliphatic heterocycles. The molecule has 0 saturated carbocycles. The molecule has 2 bridgehead atoms. The van der Waals surface area contributed by atoms with Gasteiger partial charge in [0, 0.05) is 23.8 Å². The predicted octanol–water partition coefficient (Wildman–Crippen LogP) is 3.17. The van der Waals surface area contributed by atoms with Gasteiger partial charge in [0.25, 0.3) is 5.91 Å². The van der Waals surface area contributed by atoms with E-state index in [1.54, 1.807) is 0 Å². The number of piperidine rings is 1. The number of hydrogen-bond donors (Lipinski definition) is 1. The van der Waals surface area contributed by atoms with E-state index in [1.807, 2.05) is 0 Å². The van der Waals surface area contributed by atoms with E-state index >= 15 is 0 Å². The van der Waals surface area contributed by atoms with Gasteiger partial charge in [-0.2, -0.15) is 18.3 Å². The summed E-state index contributed by atoms with van der Waals surface area (Å²) in [4.78, 5) is 19.2. The van der Waals surface area contributed by atoms with Gasteiger partial charge >= 0.3 is 6.18 Å². The summed E-state index contributed by atoms with van der Waals surface area (Å²) in [7, 11) is 2.10. The van der Waals surface area contributed by atoms with Crippen LogP contribution in [-0.2, 0) is 6.18 Å². The lowest BCUT2D eigenvalue weighted by Gasteiger charge is -2.36. The summed E-state index contributed by atoms with van der Waals surface area (Å²) in [5, 5.41) is 6.87. The number of alkyl halides is 3. The topological polar surface area (TPSA) is 62.5 Å². The number of amides is 1. The molecule has 10 heteroatoms. The summed E-state index contributed by atoms with van der Waals surface area (Å²) < 4.78 is 40.9. The molecule has 0 aliphatic carbocycles. The van der Waals surface area contributed by atoms with E-state index < -0.39 is 17.8 Å². The van der Waals surface area contributed by atoms with Crippen molar-refractivity contribution in [2.24, 2.45) is 0 Å². The maximum Gasteiger partial charge on any atom is 0.433 e. The van der Waals surface area contributed by atoms with Crippen LogP contribution in [0, 0.1) is 6.92 Å². The molecule has 0 spiro atoms. The van der Waals surface area contributed by atoms with Crippen molar-refractivity contribution in [3.63, 3.8) is 0 Å². The van der Waals surface area contributed by atoms with Crippen molar-refractivity contribution in [3.05, 3.63) is 27.6 Å². The van der Waals surface area contributed by atoms with Crippen LogP contribution in [0.4, 0.5) is 13.2 Å². The number of fused-ring (bicyclic) bond motifs is 3. The predicted molar refractivity (Wildman–Crippen MR) is 95.5 cm³/mol. The van der Waals surface area contributed by atoms with Crippen molar-refractivity contribution in [1.82, 2.24) is 24.8 Å². The Hall–Kier alpha value is -1.68. The zero-order chi connectivity index (χ0) is 19.5. The lowest BCUT2D eigenvalue weighted by atomic mass is 9.98. The normalized spacial score (nSPS) is 25.9. The minimum absolute atomic E-state index is 0.000283. The molecule has 2 aromatic rings. The van der Waals surface area contributed by atoms with Crippen LogP contribution in [0.1, 0.15) is 47.6 Å². The fraction of sp³-hybridized carbons (Fsp3) is 0.588. The minimum Gasteiger partial charge on any atom is -0.348 e. The molecule has 2 aromatic heterocycles. The Bertz CT molecular complexity index is 898. The quantitative estimate of drug-likeness (QED) is 0.770. The third-order valence-corrected chi connectivity index (χ3v) is 6.33. The summed E-state index contributed by atoms with van der Waals surface area (Å²) in [6.45, 7) is 1.47. The highest BCUT2D eigenvalue weighted by atomic mass is 79.9. The lowest BCUT2D eigenvalue weighted by Crippen LogP contribution is -2.48. The molecule has 0 aromatic carbocycles. The summed E-state index contributed by atoms with van der Waals surface area (Å²) in [5.74, 6) is -0.480. The first-order valence-electron chi connectivity index (χ1n) is 8.81. The number of carbonyl (C=O) groups excluding carboxylic acids is 1. The molecule has 1 N–H and O–H groups in total. The molecule has 2 aliphatic rings. The highest BCUT2D eigenvalue weighted by Crippen LogP contribution is 2.35. The second-order valence-electron chi connectivity index (χ2n) is 7.37. The first-order valence-corrected chi connectivity index (χ1v) is 9.60. The lowest BCUT2D eigenvalue weighted by molar-refractivity contribution is -0.142. The maximum absolute atomic E-state index is 13.3. The number of halogens is 4. The van der Waals surface area contributed by atoms with E-state index in [0.717, 1.165) is 31.7 Å². The second-order valence-corrected chi connectivity index (χ2v) is 8.16. The van der Waals surface area contributed by atoms with Crippen LogP contribution >= 0.6 is 15.9 Å². The van der Waals surface area contributed by atoms with Gasteiger partial charge in [0.15, 0.2) is 11.3 Å². The van der Waals surface area contributed by atoms with Crippen molar-refractivity contribution < 1.29 is 18.0 Å². The molecule has 6 nitrogen and oxygen atoms in total. The highest BCUT2D eigenvalue weighted by molar-refractivity contribution is 9.10. The van der Waals surface area contributed by atoms with E-state index in [-0.39, 0.29) is 27.5 Å². The number of aryl methyl sites for hydroxylation is 1. The molecule has 2 saturated heterocycles. The summed E-state index contributed by atoms with van der Waals surface area (Å²) in [6.07, 6.45) is -0.685. The van der Waals surface area contributed by atoms with Crippen LogP contribution in [0.5, 0.6) is 0 Å². The van der Waals surface area contributed by atoms with Gasteiger partial charge in [-0.1, -0.05) is 0 Å². The maximum atomic E-state index is 13.3. The van der Waals surface area contributed by atoms with Crippen molar-refractivity contribution in [2.75, 3.05) is 7.05 Å². The average Bonchev–Trinajstić information content (AvgIpc) is 2.98. The molecule has 4 rings (SSSR count). The van der Waals surface area contributed by atoms with Gasteiger partial charge < -0.3 is 10.2 Å². The van der Waals surface area contributed by atoms with Gasteiger partial charge in [0.05, 0.1) is 4.47 Å². The Morgan fingerprint density at radius 3 is 2.52 bits per heavy atom. The van der Waals surface area contributed by atoms with Crippen molar-refractivity contribution in [2.45, 2.75) is 56.9 Å². The van der Waals surface area contributed by atoms with Crippen LogP contribution < -0.4 is 5.32 Å². The van der Waals surface area contributed by atoms with Gasteiger partial charge in [-0.3, -0.25) is 4.79 Å². The van der Waals surface area contributed by atoms with Gasteiger partial charge in [-0.25, -0.2) is 9.50 Å². The van der Waals surface area contributed by atoms with Crippen molar-refractivity contribution in [3.8, 4) is 0 Å². The van der Waals surface area contributed by atoms with E-state index in [0.29, 0.717) is 16.6 Å². The van der Waals surface area contributed by atoms with E-state index in [2.05, 4.69) is 43.3 Å². The van der Waals surface area contributed by atoms with Gasteiger partial charge in [-0.15, -0.1) is 0 Å². The Kier molecular flexibility index (Phi) is 4.45. The summed E-state index contributed by atoms with van der Waals surface area (Å²) >= 11 is 3.22. The van der Waals surface area contributed by atoms with E-state index in [9.17, 15) is 18.0 Å². The average molecular weight is 446 g/mol. The number of nitrogens with one attached hydrogen (secondary N) is 1. The Morgan fingerprint density at radius 2 is 1.93 bits per heavy atom. The van der Waals surface area contributed by atoms with Crippen LogP contribution in [0.3, 0.4) is 0 Å². The number of aromatic nitrogens is 3. The largest absolute Gasteiger partial charge is 0.433 e. The van der Waals surface area contributed by atoms with Crippen molar-refractivity contribution in [1.29, 1.82) is 0 Å². The molecule has 4 heterocycles. The van der Waals surface area contributed by atoms with Crippen LogP contribution in [0.25, 0.3) is 5.65 Å². The summed E-state index contributed by atoms with van der Waals surface area (Å²) in [5.41, 5.74) is -0.850. The molecule has 0 radical (unpaired) electrons. The number of hydrogen-bond acceptors (Lipinski definition) is 4. The second kappa shape index (κ2) is 6.44. The summed E-state index contributed by atoms with van der Waals surface area (Å²) in [6, 6.07) is 1.81. The molecular weight excluding hydrogens is 427 g/mol. The number of nitrogens with zero attached hydrogens (tertiary/aromatic N) is 4. The Balaban J connectivity index is 1.64. The van der Waals surface area contributed by atoms with Crippen molar-refractivity contribution >= 4 is 27.5 Å². The van der Waals surface area contributed by atoms with Crippen LogP contribution in [0.15, 0.2) is 10.5 Å². The SMILES string of the molecule is Cc1cc(C(F)(F)F)n2nc(C(=O)NC3CC4CCC(C3)N4C)c(Br)c2n1. The van der Waals surface area contributed by atoms with E-state index in [4.69, 9.17) is 0 Å². The molecule has 1 amide bonds. The molecule has 2 fully saturated rings. The highest BCUT2D eigenvalue weighted by Gasteiger charge is 2.40. The first kappa shape index (κ1) is 18.7. The minimum atomic E-state index is -4.60. The van der Waals surface area contributed by atoms with Gasteiger partial charge in [0.2, 0.25) is 0 Å². The standard InChI is InChI=1S/C17H19BrF3N5O/c1-8-5-12(17(19,20)21)26-15(22-8)13(18)14(24-26)16(27)23-9-6-10-3-4-11(7-9)25(10)2/h5,9-11H,3-4,6-7H2,1-2H3,(H,23,27). The smallest absolute Gasteiger partial charge is 0.348 e. The van der Waals surface area contributed by atoms with Gasteiger partial charge in [-0.05, 0) is 61.7 Å². The Labute approximate surface area is 162 Å². The monoisotopic (exact) mass is 445 g/mol. The first-order chi connectivity index (χ1) is 12.6. The number of carbonyl (C=O) groups is 1. The molecule has 146 valence electrons. The molecule has 27 heavy (non-hydrogen) atoms. The molecular formula is C17H19BrF3N5O. The molecule has 2 unspecified atom stereocenters. The number of rotatable bonds is 2. The van der Waals surface area contributed by atoms with E-state index in [1.165, 1.54) is 6.92 Å². The zero-order valence-electron chi connectivity index (χ0n) is 14.8. The fourth-order valence-electron chi connectivity index (χ4n) is 4.24. The zero-order valence-corrected chi connectivity index (χ0v) is 16.4. The third-order valence-electron chi connectivity index (χ3n) is 5.60. The van der Waals surface area contributed by atoms with Crippen LogP contribution in [-0.4, -0.2) is 50.6 Å².